The second-order valence-corrected chi connectivity index (χ2v) is 6.24. The summed E-state index contributed by atoms with van der Waals surface area (Å²) in [6.45, 7) is 2.85. The molecule has 3 nitrogen and oxygen atoms in total. The lowest BCUT2D eigenvalue weighted by Crippen LogP contribution is -2.16. The number of nitrogen functional groups attached to an aromatic ring is 1. The monoisotopic (exact) mass is 278 g/mol. The summed E-state index contributed by atoms with van der Waals surface area (Å²) in [5, 5.41) is 7.77. The Bertz CT molecular complexity index is 442. The highest BCUT2D eigenvalue weighted by Crippen LogP contribution is 2.31. The quantitative estimate of drug-likeness (QED) is 0.474. The Hall–Kier alpha value is -1.16. The molecule has 0 unspecified atom stereocenters. The first kappa shape index (κ1) is 14.3. The van der Waals surface area contributed by atoms with E-state index in [-0.39, 0.29) is 5.84 Å². The standard InChI is InChI=1S/C15H22N2OS/c1-2-19-13-9-5-8-12(14(13)15(16)17)18-10-11-6-3-4-7-11/h5,8-9,11H,2-4,6-7,10H2,1H3,(H3,16,17). The van der Waals surface area contributed by atoms with Crippen LogP contribution in [-0.4, -0.2) is 18.2 Å². The molecule has 0 spiro atoms. The van der Waals surface area contributed by atoms with E-state index in [9.17, 15) is 0 Å². The molecule has 2 rings (SSSR count). The maximum Gasteiger partial charge on any atom is 0.131 e. The minimum absolute atomic E-state index is 0.0953. The van der Waals surface area contributed by atoms with Crippen molar-refractivity contribution in [3.8, 4) is 5.75 Å². The van der Waals surface area contributed by atoms with E-state index < -0.39 is 0 Å². The number of rotatable bonds is 6. The normalized spacial score (nSPS) is 15.6. The van der Waals surface area contributed by atoms with Gasteiger partial charge in [0.05, 0.1) is 12.2 Å². The Morgan fingerprint density at radius 2 is 2.16 bits per heavy atom. The zero-order valence-electron chi connectivity index (χ0n) is 11.4. The molecule has 0 bridgehead atoms. The second kappa shape index (κ2) is 6.85. The number of amidine groups is 1. The lowest BCUT2D eigenvalue weighted by Gasteiger charge is -2.16. The maximum absolute atomic E-state index is 7.77. The van der Waals surface area contributed by atoms with Gasteiger partial charge in [0.2, 0.25) is 0 Å². The molecule has 1 aromatic carbocycles. The van der Waals surface area contributed by atoms with Gasteiger partial charge >= 0.3 is 0 Å². The van der Waals surface area contributed by atoms with Crippen LogP contribution in [0.2, 0.25) is 0 Å². The van der Waals surface area contributed by atoms with Gasteiger partial charge in [-0.05, 0) is 36.6 Å². The third-order valence-corrected chi connectivity index (χ3v) is 4.45. The van der Waals surface area contributed by atoms with Gasteiger partial charge < -0.3 is 10.5 Å². The minimum atomic E-state index is 0.0953. The van der Waals surface area contributed by atoms with E-state index in [0.29, 0.717) is 5.92 Å². The van der Waals surface area contributed by atoms with Gasteiger partial charge in [0.25, 0.3) is 0 Å². The van der Waals surface area contributed by atoms with E-state index in [1.165, 1.54) is 25.7 Å². The lowest BCUT2D eigenvalue weighted by atomic mass is 10.1. The molecule has 104 valence electrons. The van der Waals surface area contributed by atoms with E-state index in [4.69, 9.17) is 15.9 Å². The second-order valence-electron chi connectivity index (χ2n) is 4.94. The van der Waals surface area contributed by atoms with Crippen LogP contribution < -0.4 is 10.5 Å². The summed E-state index contributed by atoms with van der Waals surface area (Å²) in [5.41, 5.74) is 6.48. The Kier molecular flexibility index (Phi) is 5.14. The first-order valence-electron chi connectivity index (χ1n) is 6.95. The molecule has 1 aliphatic rings. The fraction of sp³-hybridized carbons (Fsp3) is 0.533. The molecule has 1 fully saturated rings. The van der Waals surface area contributed by atoms with Gasteiger partial charge in [0, 0.05) is 4.90 Å². The average Bonchev–Trinajstić information content (AvgIpc) is 2.89. The van der Waals surface area contributed by atoms with Gasteiger partial charge in [0.15, 0.2) is 0 Å². The lowest BCUT2D eigenvalue weighted by molar-refractivity contribution is 0.251. The number of nitrogens with two attached hydrogens (primary N) is 1. The number of ether oxygens (including phenoxy) is 1. The molecule has 0 saturated heterocycles. The van der Waals surface area contributed by atoms with Gasteiger partial charge in [-0.3, -0.25) is 5.41 Å². The summed E-state index contributed by atoms with van der Waals surface area (Å²) in [6, 6.07) is 5.91. The number of hydrogen-bond donors (Lipinski definition) is 2. The van der Waals surface area contributed by atoms with Crippen LogP contribution in [0, 0.1) is 11.3 Å². The number of hydrogen-bond acceptors (Lipinski definition) is 3. The highest BCUT2D eigenvalue weighted by atomic mass is 32.2. The highest BCUT2D eigenvalue weighted by Gasteiger charge is 2.18. The van der Waals surface area contributed by atoms with Crippen LogP contribution in [0.15, 0.2) is 23.1 Å². The van der Waals surface area contributed by atoms with Crippen LogP contribution in [-0.2, 0) is 0 Å². The van der Waals surface area contributed by atoms with Crippen molar-refractivity contribution >= 4 is 17.6 Å². The number of nitrogens with one attached hydrogen (secondary N) is 1. The van der Waals surface area contributed by atoms with E-state index in [1.807, 2.05) is 18.2 Å². The first-order chi connectivity index (χ1) is 9.22. The first-order valence-corrected chi connectivity index (χ1v) is 7.94. The summed E-state index contributed by atoms with van der Waals surface area (Å²) in [7, 11) is 0. The molecule has 0 radical (unpaired) electrons. The third-order valence-electron chi connectivity index (χ3n) is 3.51. The Morgan fingerprint density at radius 1 is 1.42 bits per heavy atom. The van der Waals surface area contributed by atoms with E-state index >= 15 is 0 Å². The van der Waals surface area contributed by atoms with E-state index in [0.717, 1.165) is 28.6 Å². The molecule has 1 saturated carbocycles. The smallest absolute Gasteiger partial charge is 0.131 e. The van der Waals surface area contributed by atoms with Crippen LogP contribution in [0.4, 0.5) is 0 Å². The molecule has 1 aromatic rings. The van der Waals surface area contributed by atoms with Crippen LogP contribution >= 0.6 is 11.8 Å². The minimum Gasteiger partial charge on any atom is -0.492 e. The summed E-state index contributed by atoms with van der Waals surface area (Å²) in [4.78, 5) is 1.04. The largest absolute Gasteiger partial charge is 0.492 e. The SMILES string of the molecule is CCSc1cccc(OCC2CCCC2)c1C(=N)N. The zero-order valence-corrected chi connectivity index (χ0v) is 12.3. The molecule has 1 aliphatic carbocycles. The van der Waals surface area contributed by atoms with Crippen molar-refractivity contribution in [2.75, 3.05) is 12.4 Å². The number of thioether (sulfide) groups is 1. The zero-order chi connectivity index (χ0) is 13.7. The summed E-state index contributed by atoms with van der Waals surface area (Å²) < 4.78 is 5.94. The topological polar surface area (TPSA) is 59.1 Å². The molecule has 0 amide bonds. The van der Waals surface area contributed by atoms with Crippen molar-refractivity contribution in [3.05, 3.63) is 23.8 Å². The van der Waals surface area contributed by atoms with Crippen LogP contribution in [0.1, 0.15) is 38.2 Å². The molecule has 0 atom stereocenters. The Morgan fingerprint density at radius 3 is 2.79 bits per heavy atom. The van der Waals surface area contributed by atoms with Crippen molar-refractivity contribution in [1.29, 1.82) is 5.41 Å². The fourth-order valence-electron chi connectivity index (χ4n) is 2.56. The molecule has 19 heavy (non-hydrogen) atoms. The van der Waals surface area contributed by atoms with Gasteiger partial charge in [-0.1, -0.05) is 25.8 Å². The molecule has 4 heteroatoms. The number of benzene rings is 1. The highest BCUT2D eigenvalue weighted by molar-refractivity contribution is 7.99. The van der Waals surface area contributed by atoms with Crippen LogP contribution in [0.5, 0.6) is 5.75 Å². The van der Waals surface area contributed by atoms with Crippen LogP contribution in [0.25, 0.3) is 0 Å². The molecular weight excluding hydrogens is 256 g/mol. The average molecular weight is 278 g/mol. The Labute approximate surface area is 119 Å². The molecule has 0 aliphatic heterocycles. The predicted molar refractivity (Wildman–Crippen MR) is 81.3 cm³/mol. The van der Waals surface area contributed by atoms with Crippen LogP contribution in [0.3, 0.4) is 0 Å². The van der Waals surface area contributed by atoms with Gasteiger partial charge in [-0.2, -0.15) is 0 Å². The summed E-state index contributed by atoms with van der Waals surface area (Å²) in [5.74, 6) is 2.49. The Balaban J connectivity index is 2.13. The molecule has 0 aromatic heterocycles. The van der Waals surface area contributed by atoms with E-state index in [2.05, 4.69) is 6.92 Å². The maximum atomic E-state index is 7.77. The van der Waals surface area contributed by atoms with Crippen molar-refractivity contribution in [2.24, 2.45) is 11.7 Å². The summed E-state index contributed by atoms with van der Waals surface area (Å²) in [6.07, 6.45) is 5.16. The van der Waals surface area contributed by atoms with Crippen molar-refractivity contribution < 1.29 is 4.74 Å². The fourth-order valence-corrected chi connectivity index (χ4v) is 3.40. The van der Waals surface area contributed by atoms with E-state index in [1.54, 1.807) is 11.8 Å². The van der Waals surface area contributed by atoms with Crippen molar-refractivity contribution in [2.45, 2.75) is 37.5 Å². The molecule has 0 heterocycles. The predicted octanol–water partition coefficient (Wildman–Crippen LogP) is 3.65. The van der Waals surface area contributed by atoms with Gasteiger partial charge in [0.1, 0.15) is 11.6 Å². The summed E-state index contributed by atoms with van der Waals surface area (Å²) >= 11 is 1.70. The molecule has 3 N–H and O–H groups in total. The third kappa shape index (κ3) is 3.66. The van der Waals surface area contributed by atoms with Crippen molar-refractivity contribution in [1.82, 2.24) is 0 Å². The van der Waals surface area contributed by atoms with Crippen molar-refractivity contribution in [3.63, 3.8) is 0 Å². The molecular formula is C15H22N2OS. The van der Waals surface area contributed by atoms with Gasteiger partial charge in [-0.15, -0.1) is 11.8 Å². The van der Waals surface area contributed by atoms with Gasteiger partial charge in [-0.25, -0.2) is 0 Å².